The number of hydrogen-bond acceptors (Lipinski definition) is 2. The predicted octanol–water partition coefficient (Wildman–Crippen LogP) is 6.34. The number of aromatic nitrogens is 1. The number of para-hydroxylation sites is 1. The van der Waals surface area contributed by atoms with Crippen molar-refractivity contribution < 1.29 is 22.8 Å². The summed E-state index contributed by atoms with van der Waals surface area (Å²) in [4.78, 5) is 25.9. The van der Waals surface area contributed by atoms with Crippen molar-refractivity contribution in [1.82, 2.24) is 9.47 Å². The molecule has 3 aromatic carbocycles. The summed E-state index contributed by atoms with van der Waals surface area (Å²) in [6.45, 7) is 4.00. The Labute approximate surface area is 183 Å². The number of carbonyl (C=O) groups excluding carboxylic acids is 2. The van der Waals surface area contributed by atoms with Crippen molar-refractivity contribution in [3.05, 3.63) is 77.4 Å². The average Bonchev–Trinajstić information content (AvgIpc) is 3.12. The number of hydrogen-bond donors (Lipinski definition) is 0. The Morgan fingerprint density at radius 3 is 2.19 bits per heavy atom. The Balaban J connectivity index is 0.00000141. The molecule has 4 nitrogen and oxygen atoms in total. The monoisotopic (exact) mass is 440 g/mol. The smallest absolute Gasteiger partial charge is 0.345 e. The molecule has 0 fully saturated rings. The third kappa shape index (κ3) is 3.86. The van der Waals surface area contributed by atoms with E-state index < -0.39 is 17.6 Å². The molecule has 4 aromatic rings. The first-order valence-corrected chi connectivity index (χ1v) is 10.1. The van der Waals surface area contributed by atoms with E-state index in [2.05, 4.69) is 0 Å². The minimum absolute atomic E-state index is 0.137. The summed E-state index contributed by atoms with van der Waals surface area (Å²) in [6, 6.07) is 15.5. The lowest BCUT2D eigenvalue weighted by molar-refractivity contribution is -0.137. The Morgan fingerprint density at radius 1 is 0.906 bits per heavy atom. The molecule has 32 heavy (non-hydrogen) atoms. The van der Waals surface area contributed by atoms with Crippen LogP contribution in [-0.2, 0) is 6.18 Å². The maximum Gasteiger partial charge on any atom is 0.416 e. The molecule has 0 atom stereocenters. The van der Waals surface area contributed by atoms with Crippen molar-refractivity contribution in [2.24, 2.45) is 0 Å². The highest BCUT2D eigenvalue weighted by atomic mass is 19.4. The van der Waals surface area contributed by atoms with Crippen LogP contribution in [0, 0.1) is 0 Å². The molecule has 4 rings (SSSR count). The zero-order valence-corrected chi connectivity index (χ0v) is 18.2. The average molecular weight is 440 g/mol. The summed E-state index contributed by atoms with van der Waals surface area (Å²) in [7, 11) is 3.11. The molecule has 1 aromatic heterocycles. The van der Waals surface area contributed by atoms with Gasteiger partial charge in [0.2, 0.25) is 0 Å². The van der Waals surface area contributed by atoms with E-state index in [1.165, 1.54) is 17.0 Å². The van der Waals surface area contributed by atoms with Gasteiger partial charge in [0.25, 0.3) is 5.91 Å². The quantitative estimate of drug-likeness (QED) is 0.349. The van der Waals surface area contributed by atoms with E-state index in [4.69, 9.17) is 0 Å². The summed E-state index contributed by atoms with van der Waals surface area (Å²) in [5.74, 6) is -0.411. The van der Waals surface area contributed by atoms with Gasteiger partial charge in [0.15, 0.2) is 6.29 Å². The standard InChI is InChI=1S/C23H17F3N2O2.C2H6/c1-27(2)22(30)21-14(13-29)6-5-9-19(21)28-18-8-4-3-7-16(18)17-11-10-15(12-20(17)28)23(24,25)26;1-2/h3-13H,1-2H3;1-2H3. The Morgan fingerprint density at radius 2 is 1.56 bits per heavy atom. The SMILES string of the molecule is CC.CN(C)C(=O)c1c(C=O)cccc1-n1c2ccccc2c2ccc(C(F)(F)F)cc21. The summed E-state index contributed by atoms with van der Waals surface area (Å²) in [5, 5.41) is 1.37. The molecule has 1 amide bonds. The zero-order chi connectivity index (χ0) is 23.6. The van der Waals surface area contributed by atoms with Gasteiger partial charge in [-0.1, -0.05) is 50.2 Å². The second-order valence-electron chi connectivity index (χ2n) is 7.14. The summed E-state index contributed by atoms with van der Waals surface area (Å²) < 4.78 is 41.9. The first-order valence-electron chi connectivity index (χ1n) is 10.1. The fraction of sp³-hybridized carbons (Fsp3) is 0.200. The van der Waals surface area contributed by atoms with Crippen LogP contribution in [-0.4, -0.2) is 35.8 Å². The zero-order valence-electron chi connectivity index (χ0n) is 18.2. The molecule has 0 unspecified atom stereocenters. The molecular weight excluding hydrogens is 417 g/mol. The van der Waals surface area contributed by atoms with E-state index in [1.807, 2.05) is 19.9 Å². The molecule has 0 N–H and O–H groups in total. The first kappa shape index (κ1) is 23.1. The fourth-order valence-corrected chi connectivity index (χ4v) is 3.71. The summed E-state index contributed by atoms with van der Waals surface area (Å²) in [6.07, 6.45) is -3.93. The highest BCUT2D eigenvalue weighted by Crippen LogP contribution is 2.37. The van der Waals surface area contributed by atoms with Gasteiger partial charge in [-0.25, -0.2) is 0 Å². The summed E-state index contributed by atoms with van der Waals surface area (Å²) in [5.41, 5.74) is 0.821. The number of benzene rings is 3. The van der Waals surface area contributed by atoms with Gasteiger partial charge in [-0.2, -0.15) is 13.2 Å². The fourth-order valence-electron chi connectivity index (χ4n) is 3.71. The van der Waals surface area contributed by atoms with Crippen LogP contribution in [0.1, 0.15) is 40.1 Å². The molecule has 0 aliphatic carbocycles. The lowest BCUT2D eigenvalue weighted by atomic mass is 10.0. The molecule has 0 aliphatic heterocycles. The van der Waals surface area contributed by atoms with E-state index in [1.54, 1.807) is 49.0 Å². The number of alkyl halides is 3. The molecule has 0 saturated heterocycles. The Bertz CT molecular complexity index is 1300. The van der Waals surface area contributed by atoms with Crippen LogP contribution in [0.2, 0.25) is 0 Å². The maximum absolute atomic E-state index is 13.4. The first-order chi connectivity index (χ1) is 15.2. The third-order valence-electron chi connectivity index (χ3n) is 5.06. The van der Waals surface area contributed by atoms with Crippen molar-refractivity contribution in [2.45, 2.75) is 20.0 Å². The lowest BCUT2D eigenvalue weighted by Crippen LogP contribution is -2.24. The van der Waals surface area contributed by atoms with Crippen molar-refractivity contribution in [3.63, 3.8) is 0 Å². The number of carbonyl (C=O) groups is 2. The van der Waals surface area contributed by atoms with E-state index >= 15 is 0 Å². The number of halogens is 3. The molecule has 1 heterocycles. The number of rotatable bonds is 3. The topological polar surface area (TPSA) is 42.3 Å². The number of aldehydes is 1. The molecule has 0 saturated carbocycles. The van der Waals surface area contributed by atoms with Gasteiger partial charge in [0, 0.05) is 30.4 Å². The predicted molar refractivity (Wildman–Crippen MR) is 121 cm³/mol. The van der Waals surface area contributed by atoms with Crippen LogP contribution in [0.4, 0.5) is 13.2 Å². The van der Waals surface area contributed by atoms with E-state index in [9.17, 15) is 22.8 Å². The minimum Gasteiger partial charge on any atom is -0.345 e. The van der Waals surface area contributed by atoms with Gasteiger partial charge in [-0.15, -0.1) is 0 Å². The van der Waals surface area contributed by atoms with E-state index in [0.717, 1.165) is 17.5 Å². The van der Waals surface area contributed by atoms with Gasteiger partial charge >= 0.3 is 6.18 Å². The molecule has 7 heteroatoms. The molecule has 0 spiro atoms. The van der Waals surface area contributed by atoms with Crippen LogP contribution >= 0.6 is 0 Å². The maximum atomic E-state index is 13.4. The van der Waals surface area contributed by atoms with Crippen LogP contribution in [0.25, 0.3) is 27.5 Å². The molecular formula is C25H23F3N2O2. The summed E-state index contributed by atoms with van der Waals surface area (Å²) >= 11 is 0. The van der Waals surface area contributed by atoms with Crippen LogP contribution < -0.4 is 0 Å². The van der Waals surface area contributed by atoms with Gasteiger partial charge in [-0.05, 0) is 24.3 Å². The van der Waals surface area contributed by atoms with E-state index in [-0.39, 0.29) is 11.1 Å². The molecule has 0 bridgehead atoms. The number of amides is 1. The van der Waals surface area contributed by atoms with Crippen LogP contribution in [0.15, 0.2) is 60.7 Å². The highest BCUT2D eigenvalue weighted by molar-refractivity contribution is 6.11. The second kappa shape index (κ2) is 8.86. The normalized spacial score (nSPS) is 11.2. The molecule has 0 aliphatic rings. The highest BCUT2D eigenvalue weighted by Gasteiger charge is 2.31. The van der Waals surface area contributed by atoms with Gasteiger partial charge in [-0.3, -0.25) is 9.59 Å². The largest absolute Gasteiger partial charge is 0.416 e. The second-order valence-corrected chi connectivity index (χ2v) is 7.14. The van der Waals surface area contributed by atoms with Crippen molar-refractivity contribution in [3.8, 4) is 5.69 Å². The lowest BCUT2D eigenvalue weighted by Gasteiger charge is -2.18. The number of fused-ring (bicyclic) bond motifs is 3. The number of nitrogens with zero attached hydrogens (tertiary/aromatic N) is 2. The van der Waals surface area contributed by atoms with Crippen LogP contribution in [0.5, 0.6) is 0 Å². The van der Waals surface area contributed by atoms with Gasteiger partial charge < -0.3 is 9.47 Å². The van der Waals surface area contributed by atoms with Crippen LogP contribution in [0.3, 0.4) is 0 Å². The van der Waals surface area contributed by atoms with Gasteiger partial charge in [0.1, 0.15) is 0 Å². The van der Waals surface area contributed by atoms with Crippen molar-refractivity contribution in [1.29, 1.82) is 0 Å². The van der Waals surface area contributed by atoms with E-state index in [0.29, 0.717) is 28.4 Å². The van der Waals surface area contributed by atoms with Gasteiger partial charge in [0.05, 0.1) is 27.8 Å². The molecule has 166 valence electrons. The Hall–Kier alpha value is -3.61. The Kier molecular flexibility index (Phi) is 6.39. The minimum atomic E-state index is -4.51. The van der Waals surface area contributed by atoms with Crippen molar-refractivity contribution in [2.75, 3.05) is 14.1 Å². The molecule has 0 radical (unpaired) electrons. The van der Waals surface area contributed by atoms with Crippen molar-refractivity contribution >= 4 is 34.0 Å². The third-order valence-corrected chi connectivity index (χ3v) is 5.06.